The Bertz CT molecular complexity index is 482. The van der Waals surface area contributed by atoms with E-state index >= 15 is 0 Å². The third kappa shape index (κ3) is 3.23. The molecule has 0 saturated carbocycles. The van der Waals surface area contributed by atoms with Crippen molar-refractivity contribution in [2.75, 3.05) is 0 Å². The van der Waals surface area contributed by atoms with Gasteiger partial charge in [-0.15, -0.1) is 11.3 Å². The molecule has 0 spiro atoms. The molecule has 1 atom stereocenters. The first-order chi connectivity index (χ1) is 8.18. The van der Waals surface area contributed by atoms with Crippen LogP contribution in [0, 0.1) is 0 Å². The Morgan fingerprint density at radius 3 is 2.76 bits per heavy atom. The molecule has 2 aromatic rings. The molecule has 1 aromatic heterocycles. The van der Waals surface area contributed by atoms with Crippen molar-refractivity contribution >= 4 is 34.5 Å². The molecule has 0 amide bonds. The van der Waals surface area contributed by atoms with Crippen molar-refractivity contribution in [1.82, 2.24) is 5.32 Å². The molecule has 1 N–H and O–H groups in total. The van der Waals surface area contributed by atoms with Crippen molar-refractivity contribution in [3.63, 3.8) is 0 Å². The van der Waals surface area contributed by atoms with Crippen LogP contribution in [0.15, 0.2) is 35.7 Å². The molecule has 0 radical (unpaired) electrons. The zero-order valence-corrected chi connectivity index (χ0v) is 11.7. The summed E-state index contributed by atoms with van der Waals surface area (Å²) >= 11 is 13.9. The van der Waals surface area contributed by atoms with E-state index in [1.165, 1.54) is 4.88 Å². The maximum atomic E-state index is 6.13. The molecule has 0 unspecified atom stereocenters. The number of hydrogen-bond donors (Lipinski definition) is 1. The minimum absolute atomic E-state index is 0.324. The second-order valence-electron chi connectivity index (χ2n) is 3.83. The largest absolute Gasteiger partial charge is 0.305 e. The predicted molar refractivity (Wildman–Crippen MR) is 76.0 cm³/mol. The number of halogens is 2. The first kappa shape index (κ1) is 12.9. The summed E-state index contributed by atoms with van der Waals surface area (Å²) in [6, 6.07) is 10.2. The normalized spacial score (nSPS) is 12.6. The summed E-state index contributed by atoms with van der Waals surface area (Å²) in [6.45, 7) is 2.86. The topological polar surface area (TPSA) is 12.0 Å². The summed E-state index contributed by atoms with van der Waals surface area (Å²) in [7, 11) is 0. The van der Waals surface area contributed by atoms with E-state index in [1.807, 2.05) is 12.1 Å². The summed E-state index contributed by atoms with van der Waals surface area (Å²) in [5.41, 5.74) is 1.03. The predicted octanol–water partition coefficient (Wildman–Crippen LogP) is 4.91. The van der Waals surface area contributed by atoms with Crippen LogP contribution in [0.25, 0.3) is 0 Å². The maximum absolute atomic E-state index is 6.13. The van der Waals surface area contributed by atoms with Crippen LogP contribution in [-0.4, -0.2) is 0 Å². The van der Waals surface area contributed by atoms with Crippen molar-refractivity contribution in [3.8, 4) is 0 Å². The van der Waals surface area contributed by atoms with E-state index in [0.29, 0.717) is 16.1 Å². The molecule has 0 fully saturated rings. The highest BCUT2D eigenvalue weighted by atomic mass is 35.5. The SMILES string of the molecule is C[C@@H](NCc1cccc(Cl)c1Cl)c1cccs1. The minimum atomic E-state index is 0.324. The van der Waals surface area contributed by atoms with Crippen molar-refractivity contribution < 1.29 is 0 Å². The van der Waals surface area contributed by atoms with Gasteiger partial charge in [0.1, 0.15) is 0 Å². The highest BCUT2D eigenvalue weighted by Gasteiger charge is 2.08. The van der Waals surface area contributed by atoms with E-state index < -0.39 is 0 Å². The Balaban J connectivity index is 2.00. The average molecular weight is 286 g/mol. The molecule has 0 aliphatic heterocycles. The van der Waals surface area contributed by atoms with Gasteiger partial charge in [0.2, 0.25) is 0 Å². The van der Waals surface area contributed by atoms with E-state index in [-0.39, 0.29) is 0 Å². The number of rotatable bonds is 4. The van der Waals surface area contributed by atoms with Gasteiger partial charge in [0, 0.05) is 17.5 Å². The lowest BCUT2D eigenvalue weighted by Crippen LogP contribution is -2.17. The van der Waals surface area contributed by atoms with Gasteiger partial charge in [0.25, 0.3) is 0 Å². The zero-order valence-electron chi connectivity index (χ0n) is 9.41. The fraction of sp³-hybridized carbons (Fsp3) is 0.231. The third-order valence-electron chi connectivity index (χ3n) is 2.60. The van der Waals surface area contributed by atoms with Crippen LogP contribution in [-0.2, 0) is 6.54 Å². The fourth-order valence-electron chi connectivity index (χ4n) is 1.59. The van der Waals surface area contributed by atoms with E-state index in [0.717, 1.165) is 12.1 Å². The van der Waals surface area contributed by atoms with Gasteiger partial charge in [-0.05, 0) is 30.0 Å². The van der Waals surface area contributed by atoms with E-state index in [9.17, 15) is 0 Å². The molecule has 4 heteroatoms. The van der Waals surface area contributed by atoms with Gasteiger partial charge in [-0.2, -0.15) is 0 Å². The fourth-order valence-corrected chi connectivity index (χ4v) is 2.73. The molecule has 17 heavy (non-hydrogen) atoms. The molecular formula is C13H13Cl2NS. The van der Waals surface area contributed by atoms with Gasteiger partial charge < -0.3 is 5.32 Å². The molecule has 1 aromatic carbocycles. The number of benzene rings is 1. The van der Waals surface area contributed by atoms with Gasteiger partial charge in [0.05, 0.1) is 10.0 Å². The summed E-state index contributed by atoms with van der Waals surface area (Å²) in [6.07, 6.45) is 0. The second kappa shape index (κ2) is 5.87. The highest BCUT2D eigenvalue weighted by Crippen LogP contribution is 2.26. The molecule has 90 valence electrons. The summed E-state index contributed by atoms with van der Waals surface area (Å²) in [4.78, 5) is 1.32. The smallest absolute Gasteiger partial charge is 0.0637 e. The Morgan fingerprint density at radius 1 is 1.24 bits per heavy atom. The number of hydrogen-bond acceptors (Lipinski definition) is 2. The molecule has 0 saturated heterocycles. The van der Waals surface area contributed by atoms with Crippen LogP contribution >= 0.6 is 34.5 Å². The second-order valence-corrected chi connectivity index (χ2v) is 5.60. The Kier molecular flexibility index (Phi) is 4.46. The molecule has 2 rings (SSSR count). The van der Waals surface area contributed by atoms with Gasteiger partial charge in [-0.3, -0.25) is 0 Å². The lowest BCUT2D eigenvalue weighted by molar-refractivity contribution is 0.583. The first-order valence-corrected chi connectivity index (χ1v) is 7.01. The molecule has 0 bridgehead atoms. The lowest BCUT2D eigenvalue weighted by Gasteiger charge is -2.13. The van der Waals surface area contributed by atoms with Gasteiger partial charge in [-0.1, -0.05) is 41.4 Å². The number of nitrogens with one attached hydrogen (secondary N) is 1. The zero-order chi connectivity index (χ0) is 12.3. The van der Waals surface area contributed by atoms with Crippen LogP contribution < -0.4 is 5.32 Å². The van der Waals surface area contributed by atoms with Gasteiger partial charge >= 0.3 is 0 Å². The maximum Gasteiger partial charge on any atom is 0.0637 e. The van der Waals surface area contributed by atoms with Gasteiger partial charge in [0.15, 0.2) is 0 Å². The molecule has 1 heterocycles. The molecule has 0 aliphatic carbocycles. The summed E-state index contributed by atoms with van der Waals surface area (Å²) < 4.78 is 0. The summed E-state index contributed by atoms with van der Waals surface area (Å²) in [5, 5.41) is 6.77. The monoisotopic (exact) mass is 285 g/mol. The summed E-state index contributed by atoms with van der Waals surface area (Å²) in [5.74, 6) is 0. The van der Waals surface area contributed by atoms with E-state index in [1.54, 1.807) is 17.4 Å². The van der Waals surface area contributed by atoms with Crippen LogP contribution in [0.4, 0.5) is 0 Å². The number of thiophene rings is 1. The third-order valence-corrected chi connectivity index (χ3v) is 4.51. The van der Waals surface area contributed by atoms with Crippen LogP contribution in [0.3, 0.4) is 0 Å². The first-order valence-electron chi connectivity index (χ1n) is 5.38. The molecule has 1 nitrogen and oxygen atoms in total. The Hall–Kier alpha value is -0.540. The van der Waals surface area contributed by atoms with Crippen molar-refractivity contribution in [2.45, 2.75) is 19.5 Å². The Morgan fingerprint density at radius 2 is 2.06 bits per heavy atom. The molecular weight excluding hydrogens is 273 g/mol. The quantitative estimate of drug-likeness (QED) is 0.842. The van der Waals surface area contributed by atoms with Crippen molar-refractivity contribution in [3.05, 3.63) is 56.2 Å². The van der Waals surface area contributed by atoms with Gasteiger partial charge in [-0.25, -0.2) is 0 Å². The highest BCUT2D eigenvalue weighted by molar-refractivity contribution is 7.10. The Labute approximate surface area is 115 Å². The van der Waals surface area contributed by atoms with Crippen LogP contribution in [0.1, 0.15) is 23.4 Å². The van der Waals surface area contributed by atoms with Crippen molar-refractivity contribution in [1.29, 1.82) is 0 Å². The molecule has 0 aliphatic rings. The average Bonchev–Trinajstić information content (AvgIpc) is 2.84. The minimum Gasteiger partial charge on any atom is -0.305 e. The van der Waals surface area contributed by atoms with Crippen LogP contribution in [0.2, 0.25) is 10.0 Å². The van der Waals surface area contributed by atoms with E-state index in [4.69, 9.17) is 23.2 Å². The van der Waals surface area contributed by atoms with Crippen LogP contribution in [0.5, 0.6) is 0 Å². The van der Waals surface area contributed by atoms with Crippen molar-refractivity contribution in [2.24, 2.45) is 0 Å². The standard InChI is InChI=1S/C13H13Cl2NS/c1-9(12-6-3-7-17-12)16-8-10-4-2-5-11(14)13(10)15/h2-7,9,16H,8H2,1H3/t9-/m1/s1. The van der Waals surface area contributed by atoms with E-state index in [2.05, 4.69) is 29.8 Å². The lowest BCUT2D eigenvalue weighted by atomic mass is 10.2.